The standard InChI is InChI=1S/C19H15N3O/c20-13-5-1-4-12(10-13)15-7-2-8-17-18(15)16(19(23)22-17)11-14-6-3-9-21-14/h1-11,21H,20H2,(H,22,23). The van der Waals surface area contributed by atoms with Crippen molar-refractivity contribution in [3.05, 3.63) is 72.1 Å². The summed E-state index contributed by atoms with van der Waals surface area (Å²) >= 11 is 0. The molecule has 2 heterocycles. The van der Waals surface area contributed by atoms with Crippen LogP contribution in [0.3, 0.4) is 0 Å². The molecule has 0 bridgehead atoms. The second-order valence-electron chi connectivity index (χ2n) is 5.49. The van der Waals surface area contributed by atoms with E-state index in [4.69, 9.17) is 5.73 Å². The van der Waals surface area contributed by atoms with Gasteiger partial charge in [0.2, 0.25) is 0 Å². The molecule has 1 aliphatic rings. The third-order valence-electron chi connectivity index (χ3n) is 3.95. The Balaban J connectivity index is 1.93. The van der Waals surface area contributed by atoms with Gasteiger partial charge in [0.15, 0.2) is 0 Å². The number of carbonyl (C=O) groups is 1. The average molecular weight is 301 g/mol. The fourth-order valence-electron chi connectivity index (χ4n) is 2.92. The van der Waals surface area contributed by atoms with E-state index in [1.165, 1.54) is 0 Å². The van der Waals surface area contributed by atoms with Crippen LogP contribution in [0.4, 0.5) is 11.4 Å². The Morgan fingerprint density at radius 3 is 2.65 bits per heavy atom. The number of H-pyrrole nitrogens is 1. The Labute approximate surface area is 133 Å². The molecule has 0 fully saturated rings. The monoisotopic (exact) mass is 301 g/mol. The molecule has 0 saturated carbocycles. The molecule has 2 aromatic carbocycles. The van der Waals surface area contributed by atoms with Crippen LogP contribution < -0.4 is 11.1 Å². The van der Waals surface area contributed by atoms with Crippen molar-refractivity contribution in [3.8, 4) is 11.1 Å². The summed E-state index contributed by atoms with van der Waals surface area (Å²) in [4.78, 5) is 15.5. The van der Waals surface area contributed by atoms with Crippen molar-refractivity contribution in [2.45, 2.75) is 0 Å². The number of carbonyl (C=O) groups excluding carboxylic acids is 1. The summed E-state index contributed by atoms with van der Waals surface area (Å²) in [6.07, 6.45) is 3.71. The topological polar surface area (TPSA) is 70.9 Å². The van der Waals surface area contributed by atoms with E-state index in [9.17, 15) is 4.79 Å². The summed E-state index contributed by atoms with van der Waals surface area (Å²) in [5.74, 6) is -0.0917. The molecule has 112 valence electrons. The molecule has 0 radical (unpaired) electrons. The molecule has 0 unspecified atom stereocenters. The number of hydrogen-bond donors (Lipinski definition) is 3. The van der Waals surface area contributed by atoms with Gasteiger partial charge in [0, 0.05) is 28.8 Å². The number of aromatic amines is 1. The minimum atomic E-state index is -0.0917. The zero-order valence-electron chi connectivity index (χ0n) is 12.3. The second kappa shape index (κ2) is 5.18. The Kier molecular flexibility index (Phi) is 3.01. The number of benzene rings is 2. The number of rotatable bonds is 2. The lowest BCUT2D eigenvalue weighted by Crippen LogP contribution is -2.03. The minimum absolute atomic E-state index is 0.0917. The van der Waals surface area contributed by atoms with E-state index in [1.54, 1.807) is 0 Å². The number of anilines is 2. The first kappa shape index (κ1) is 13.4. The molecular weight excluding hydrogens is 286 g/mol. The molecular formula is C19H15N3O. The Morgan fingerprint density at radius 2 is 1.87 bits per heavy atom. The zero-order chi connectivity index (χ0) is 15.8. The summed E-state index contributed by atoms with van der Waals surface area (Å²) in [5.41, 5.74) is 11.9. The smallest absolute Gasteiger partial charge is 0.256 e. The van der Waals surface area contributed by atoms with Gasteiger partial charge in [-0.05, 0) is 47.5 Å². The van der Waals surface area contributed by atoms with Crippen molar-refractivity contribution in [1.82, 2.24) is 4.98 Å². The van der Waals surface area contributed by atoms with E-state index < -0.39 is 0 Å². The van der Waals surface area contributed by atoms with Crippen LogP contribution in [0.25, 0.3) is 22.8 Å². The molecule has 23 heavy (non-hydrogen) atoms. The van der Waals surface area contributed by atoms with Gasteiger partial charge in [-0.3, -0.25) is 4.79 Å². The summed E-state index contributed by atoms with van der Waals surface area (Å²) in [6, 6.07) is 17.4. The maximum absolute atomic E-state index is 12.4. The quantitative estimate of drug-likeness (QED) is 0.498. The largest absolute Gasteiger partial charge is 0.399 e. The molecule has 4 heteroatoms. The molecule has 3 aromatic rings. The van der Waals surface area contributed by atoms with E-state index in [0.717, 1.165) is 28.1 Å². The zero-order valence-corrected chi connectivity index (χ0v) is 12.3. The van der Waals surface area contributed by atoms with Gasteiger partial charge < -0.3 is 16.0 Å². The lowest BCUT2D eigenvalue weighted by atomic mass is 9.94. The number of amides is 1. The molecule has 0 atom stereocenters. The van der Waals surface area contributed by atoms with Gasteiger partial charge in [-0.15, -0.1) is 0 Å². The van der Waals surface area contributed by atoms with Crippen LogP contribution in [-0.2, 0) is 4.79 Å². The van der Waals surface area contributed by atoms with Crippen LogP contribution in [0.2, 0.25) is 0 Å². The van der Waals surface area contributed by atoms with Gasteiger partial charge >= 0.3 is 0 Å². The van der Waals surface area contributed by atoms with Crippen molar-refractivity contribution in [1.29, 1.82) is 0 Å². The van der Waals surface area contributed by atoms with E-state index in [1.807, 2.05) is 66.9 Å². The first-order valence-corrected chi connectivity index (χ1v) is 7.38. The van der Waals surface area contributed by atoms with Crippen LogP contribution in [0.1, 0.15) is 11.3 Å². The number of aromatic nitrogens is 1. The van der Waals surface area contributed by atoms with E-state index >= 15 is 0 Å². The fraction of sp³-hybridized carbons (Fsp3) is 0. The van der Waals surface area contributed by atoms with Crippen LogP contribution in [0.5, 0.6) is 0 Å². The third-order valence-corrected chi connectivity index (χ3v) is 3.95. The normalized spacial score (nSPS) is 14.8. The average Bonchev–Trinajstić information content (AvgIpc) is 3.16. The highest BCUT2D eigenvalue weighted by molar-refractivity contribution is 6.36. The first-order valence-electron chi connectivity index (χ1n) is 7.38. The summed E-state index contributed by atoms with van der Waals surface area (Å²) in [7, 11) is 0. The lowest BCUT2D eigenvalue weighted by molar-refractivity contribution is -0.110. The van der Waals surface area contributed by atoms with Gasteiger partial charge in [0.1, 0.15) is 0 Å². The predicted molar refractivity (Wildman–Crippen MR) is 93.6 cm³/mol. The van der Waals surface area contributed by atoms with Gasteiger partial charge in [0.05, 0.1) is 5.57 Å². The number of nitrogens with one attached hydrogen (secondary N) is 2. The van der Waals surface area contributed by atoms with Gasteiger partial charge in [-0.25, -0.2) is 0 Å². The predicted octanol–water partition coefficient (Wildman–Crippen LogP) is 3.76. The molecule has 0 aliphatic carbocycles. The number of hydrogen-bond acceptors (Lipinski definition) is 2. The van der Waals surface area contributed by atoms with E-state index in [0.29, 0.717) is 11.3 Å². The molecule has 4 rings (SSSR count). The van der Waals surface area contributed by atoms with Gasteiger partial charge in [-0.1, -0.05) is 24.3 Å². The maximum Gasteiger partial charge on any atom is 0.256 e. The summed E-state index contributed by atoms with van der Waals surface area (Å²) in [6.45, 7) is 0. The summed E-state index contributed by atoms with van der Waals surface area (Å²) < 4.78 is 0. The van der Waals surface area contributed by atoms with Gasteiger partial charge in [0.25, 0.3) is 5.91 Å². The number of nitrogens with two attached hydrogens (primary N) is 1. The van der Waals surface area contributed by atoms with Crippen molar-refractivity contribution in [3.63, 3.8) is 0 Å². The molecule has 1 aliphatic heterocycles. The Morgan fingerprint density at radius 1 is 1.00 bits per heavy atom. The third kappa shape index (κ3) is 2.30. The molecule has 0 saturated heterocycles. The van der Waals surface area contributed by atoms with Crippen molar-refractivity contribution < 1.29 is 4.79 Å². The second-order valence-corrected chi connectivity index (χ2v) is 5.49. The molecule has 1 amide bonds. The SMILES string of the molecule is Nc1cccc(-c2cccc3c2C(=Cc2ccc[nH]2)C(=O)N3)c1. The fourth-order valence-corrected chi connectivity index (χ4v) is 2.92. The Hall–Kier alpha value is -3.27. The van der Waals surface area contributed by atoms with E-state index in [2.05, 4.69) is 10.3 Å². The molecule has 4 nitrogen and oxygen atoms in total. The minimum Gasteiger partial charge on any atom is -0.399 e. The molecule has 1 aromatic heterocycles. The highest BCUT2D eigenvalue weighted by atomic mass is 16.2. The summed E-state index contributed by atoms with van der Waals surface area (Å²) in [5, 5.41) is 2.93. The van der Waals surface area contributed by atoms with Crippen molar-refractivity contribution in [2.75, 3.05) is 11.1 Å². The number of nitrogen functional groups attached to an aromatic ring is 1. The molecule has 0 spiro atoms. The highest BCUT2D eigenvalue weighted by Gasteiger charge is 2.27. The van der Waals surface area contributed by atoms with Crippen LogP contribution in [0, 0.1) is 0 Å². The van der Waals surface area contributed by atoms with Crippen LogP contribution in [0.15, 0.2) is 60.8 Å². The van der Waals surface area contributed by atoms with Crippen LogP contribution in [-0.4, -0.2) is 10.9 Å². The molecule has 4 N–H and O–H groups in total. The van der Waals surface area contributed by atoms with Gasteiger partial charge in [-0.2, -0.15) is 0 Å². The maximum atomic E-state index is 12.4. The Bertz CT molecular complexity index is 924. The van der Waals surface area contributed by atoms with Crippen molar-refractivity contribution in [2.24, 2.45) is 0 Å². The van der Waals surface area contributed by atoms with E-state index in [-0.39, 0.29) is 5.91 Å². The highest BCUT2D eigenvalue weighted by Crippen LogP contribution is 2.40. The van der Waals surface area contributed by atoms with Crippen LogP contribution >= 0.6 is 0 Å². The number of fused-ring (bicyclic) bond motifs is 1. The van der Waals surface area contributed by atoms with Crippen molar-refractivity contribution >= 4 is 28.9 Å². The lowest BCUT2D eigenvalue weighted by Gasteiger charge is -2.09. The first-order chi connectivity index (χ1) is 11.2.